The number of aryl methyl sites for hydroxylation is 1. The first kappa shape index (κ1) is 14.6. The zero-order valence-electron chi connectivity index (χ0n) is 13.0. The van der Waals surface area contributed by atoms with Gasteiger partial charge in [0, 0.05) is 17.1 Å². The van der Waals surface area contributed by atoms with Crippen LogP contribution in [0.15, 0.2) is 65.5 Å². The molecule has 0 atom stereocenters. The number of hydrogen-bond acceptors (Lipinski definition) is 1. The number of fused-ring (bicyclic) bond motifs is 1. The fraction of sp³-hybridized carbons (Fsp3) is 0.250. The van der Waals surface area contributed by atoms with E-state index in [1.165, 1.54) is 23.8 Å². The van der Waals surface area contributed by atoms with Gasteiger partial charge < -0.3 is 0 Å². The largest absolute Gasteiger partial charge is 0.277 e. The molecule has 0 bridgehead atoms. The van der Waals surface area contributed by atoms with Crippen LogP contribution in [0.5, 0.6) is 0 Å². The van der Waals surface area contributed by atoms with Crippen molar-refractivity contribution < 1.29 is 0 Å². The summed E-state index contributed by atoms with van der Waals surface area (Å²) in [6.45, 7) is 2.20. The second-order valence-corrected chi connectivity index (χ2v) is 5.65. The Bertz CT molecular complexity index is 818. The summed E-state index contributed by atoms with van der Waals surface area (Å²) >= 11 is 0. The SMILES string of the molecule is CCCCCc1cc(=O)n(-c2ccccc2)c2ccccc12. The van der Waals surface area contributed by atoms with Crippen LogP contribution >= 0.6 is 0 Å². The van der Waals surface area contributed by atoms with Crippen molar-refractivity contribution >= 4 is 10.9 Å². The van der Waals surface area contributed by atoms with Gasteiger partial charge >= 0.3 is 0 Å². The van der Waals surface area contributed by atoms with Crippen molar-refractivity contribution in [1.82, 2.24) is 4.57 Å². The van der Waals surface area contributed by atoms with E-state index < -0.39 is 0 Å². The molecule has 2 aromatic carbocycles. The highest BCUT2D eigenvalue weighted by Gasteiger charge is 2.09. The van der Waals surface area contributed by atoms with Gasteiger partial charge in [-0.3, -0.25) is 9.36 Å². The number of benzene rings is 2. The molecule has 0 amide bonds. The van der Waals surface area contributed by atoms with Crippen LogP contribution in [-0.2, 0) is 6.42 Å². The number of aromatic nitrogens is 1. The summed E-state index contributed by atoms with van der Waals surface area (Å²) in [7, 11) is 0. The van der Waals surface area contributed by atoms with E-state index in [4.69, 9.17) is 0 Å². The highest BCUT2D eigenvalue weighted by atomic mass is 16.1. The van der Waals surface area contributed by atoms with Gasteiger partial charge in [0.25, 0.3) is 5.56 Å². The minimum atomic E-state index is 0.0522. The summed E-state index contributed by atoms with van der Waals surface area (Å²) in [6.07, 6.45) is 4.50. The predicted molar refractivity (Wildman–Crippen MR) is 92.8 cm³/mol. The highest BCUT2D eigenvalue weighted by molar-refractivity contribution is 5.84. The van der Waals surface area contributed by atoms with Crippen molar-refractivity contribution in [2.75, 3.05) is 0 Å². The smallest absolute Gasteiger partial charge is 0.255 e. The van der Waals surface area contributed by atoms with Crippen molar-refractivity contribution in [2.24, 2.45) is 0 Å². The molecule has 0 aliphatic carbocycles. The third-order valence-electron chi connectivity index (χ3n) is 4.07. The molecule has 1 heterocycles. The van der Waals surface area contributed by atoms with Gasteiger partial charge in [-0.05, 0) is 36.6 Å². The summed E-state index contributed by atoms with van der Waals surface area (Å²) in [6, 6.07) is 19.9. The van der Waals surface area contributed by atoms with Crippen molar-refractivity contribution in [1.29, 1.82) is 0 Å². The van der Waals surface area contributed by atoms with Crippen LogP contribution < -0.4 is 5.56 Å². The van der Waals surface area contributed by atoms with Crippen LogP contribution in [0.1, 0.15) is 31.7 Å². The molecule has 0 aliphatic heterocycles. The molecule has 2 heteroatoms. The van der Waals surface area contributed by atoms with Crippen molar-refractivity contribution in [3.05, 3.63) is 76.6 Å². The maximum Gasteiger partial charge on any atom is 0.255 e. The molecule has 22 heavy (non-hydrogen) atoms. The van der Waals surface area contributed by atoms with Crippen LogP contribution in [0.3, 0.4) is 0 Å². The molecule has 0 aliphatic rings. The summed E-state index contributed by atoms with van der Waals surface area (Å²) in [5.74, 6) is 0. The molecule has 0 saturated carbocycles. The van der Waals surface area contributed by atoms with Gasteiger partial charge in [0.15, 0.2) is 0 Å². The molecule has 3 rings (SSSR count). The first-order chi connectivity index (χ1) is 10.8. The number of unbranched alkanes of at least 4 members (excludes halogenated alkanes) is 2. The fourth-order valence-corrected chi connectivity index (χ4v) is 2.97. The average molecular weight is 291 g/mol. The van der Waals surface area contributed by atoms with Crippen LogP contribution in [-0.4, -0.2) is 4.57 Å². The summed E-state index contributed by atoms with van der Waals surface area (Å²) in [5.41, 5.74) is 3.13. The number of hydrogen-bond donors (Lipinski definition) is 0. The van der Waals surface area contributed by atoms with Gasteiger partial charge in [-0.1, -0.05) is 56.2 Å². The Balaban J connectivity index is 2.17. The number of rotatable bonds is 5. The van der Waals surface area contributed by atoms with E-state index in [0.29, 0.717) is 0 Å². The Kier molecular flexibility index (Phi) is 4.38. The van der Waals surface area contributed by atoms with Crippen molar-refractivity contribution in [3.63, 3.8) is 0 Å². The number of para-hydroxylation sites is 2. The molecule has 1 aromatic heterocycles. The normalized spacial score (nSPS) is 11.0. The Labute approximate surface area is 131 Å². The Hall–Kier alpha value is -2.35. The fourth-order valence-electron chi connectivity index (χ4n) is 2.97. The number of nitrogens with zero attached hydrogens (tertiary/aromatic N) is 1. The predicted octanol–water partition coefficient (Wildman–Crippen LogP) is 4.72. The van der Waals surface area contributed by atoms with Crippen LogP contribution in [0.4, 0.5) is 0 Å². The van der Waals surface area contributed by atoms with Crippen LogP contribution in [0, 0.1) is 0 Å². The molecule has 0 spiro atoms. The lowest BCUT2D eigenvalue weighted by Gasteiger charge is -2.13. The average Bonchev–Trinajstić information content (AvgIpc) is 2.56. The van der Waals surface area contributed by atoms with E-state index in [0.717, 1.165) is 24.0 Å². The molecule has 0 N–H and O–H groups in total. The Morgan fingerprint density at radius 2 is 1.64 bits per heavy atom. The zero-order chi connectivity index (χ0) is 15.4. The van der Waals surface area contributed by atoms with Crippen molar-refractivity contribution in [2.45, 2.75) is 32.6 Å². The van der Waals surface area contributed by atoms with E-state index in [1.54, 1.807) is 4.57 Å². The van der Waals surface area contributed by atoms with E-state index in [2.05, 4.69) is 13.0 Å². The van der Waals surface area contributed by atoms with Gasteiger partial charge in [-0.15, -0.1) is 0 Å². The second-order valence-electron chi connectivity index (χ2n) is 5.65. The van der Waals surface area contributed by atoms with Gasteiger partial charge in [0.05, 0.1) is 5.52 Å². The Morgan fingerprint density at radius 3 is 2.41 bits per heavy atom. The maximum absolute atomic E-state index is 12.7. The first-order valence-electron chi connectivity index (χ1n) is 8.00. The van der Waals surface area contributed by atoms with Crippen molar-refractivity contribution in [3.8, 4) is 5.69 Å². The van der Waals surface area contributed by atoms with Gasteiger partial charge in [-0.2, -0.15) is 0 Å². The third-order valence-corrected chi connectivity index (χ3v) is 4.07. The van der Waals surface area contributed by atoms with E-state index >= 15 is 0 Å². The first-order valence-corrected chi connectivity index (χ1v) is 8.00. The molecule has 3 aromatic rings. The molecular weight excluding hydrogens is 270 g/mol. The third kappa shape index (κ3) is 2.82. The molecule has 112 valence electrons. The lowest BCUT2D eigenvalue weighted by atomic mass is 10.0. The van der Waals surface area contributed by atoms with E-state index in [9.17, 15) is 4.79 Å². The molecule has 0 fully saturated rings. The summed E-state index contributed by atoms with van der Waals surface area (Å²) in [4.78, 5) is 12.7. The van der Waals surface area contributed by atoms with Gasteiger partial charge in [-0.25, -0.2) is 0 Å². The second kappa shape index (κ2) is 6.61. The monoisotopic (exact) mass is 291 g/mol. The summed E-state index contributed by atoms with van der Waals surface area (Å²) < 4.78 is 1.80. The lowest BCUT2D eigenvalue weighted by Crippen LogP contribution is -2.19. The van der Waals surface area contributed by atoms with E-state index in [-0.39, 0.29) is 5.56 Å². The standard InChI is InChI=1S/C20H21NO/c1-2-3-5-10-16-15-20(22)21(17-11-6-4-7-12-17)19-14-9-8-13-18(16)19/h4,6-9,11-15H,2-3,5,10H2,1H3. The molecule has 0 unspecified atom stereocenters. The quantitative estimate of drug-likeness (QED) is 0.623. The zero-order valence-corrected chi connectivity index (χ0v) is 13.0. The van der Waals surface area contributed by atoms with E-state index in [1.807, 2.05) is 54.6 Å². The lowest BCUT2D eigenvalue weighted by molar-refractivity contribution is 0.718. The highest BCUT2D eigenvalue weighted by Crippen LogP contribution is 2.21. The minimum absolute atomic E-state index is 0.0522. The topological polar surface area (TPSA) is 22.0 Å². The Morgan fingerprint density at radius 1 is 0.909 bits per heavy atom. The molecular formula is C20H21NO. The molecule has 2 nitrogen and oxygen atoms in total. The van der Waals surface area contributed by atoms with Crippen LogP contribution in [0.2, 0.25) is 0 Å². The molecule has 0 radical (unpaired) electrons. The van der Waals surface area contributed by atoms with Gasteiger partial charge in [0.2, 0.25) is 0 Å². The molecule has 0 saturated heterocycles. The van der Waals surface area contributed by atoms with Gasteiger partial charge in [0.1, 0.15) is 0 Å². The maximum atomic E-state index is 12.7. The van der Waals surface area contributed by atoms with Crippen LogP contribution in [0.25, 0.3) is 16.6 Å². The number of pyridine rings is 1. The minimum Gasteiger partial charge on any atom is -0.277 e. The summed E-state index contributed by atoms with van der Waals surface area (Å²) in [5, 5.41) is 1.18.